The highest BCUT2D eigenvalue weighted by Crippen LogP contribution is 2.36. The molecule has 2 aromatic rings. The predicted octanol–water partition coefficient (Wildman–Crippen LogP) is 3.27. The summed E-state index contributed by atoms with van der Waals surface area (Å²) in [5, 5.41) is 22.7. The fourth-order valence-electron chi connectivity index (χ4n) is 2.08. The van der Waals surface area contributed by atoms with E-state index in [1.54, 1.807) is 26.0 Å². The minimum Gasteiger partial charge on any atom is -0.258 e. The summed E-state index contributed by atoms with van der Waals surface area (Å²) in [6.07, 6.45) is 0. The van der Waals surface area contributed by atoms with Crippen molar-refractivity contribution >= 4 is 22.1 Å². The van der Waals surface area contributed by atoms with Gasteiger partial charge in [0.2, 0.25) is 0 Å². The van der Waals surface area contributed by atoms with Crippen molar-refractivity contribution in [3.05, 3.63) is 55.6 Å². The molecule has 0 aliphatic carbocycles. The second-order valence-corrected chi connectivity index (χ2v) is 4.07. The van der Waals surface area contributed by atoms with Gasteiger partial charge in [-0.3, -0.25) is 20.2 Å². The molecular weight excluding hydrogens is 236 g/mol. The molecule has 0 fully saturated rings. The molecular formula is C12H10N2O4. The lowest BCUT2D eigenvalue weighted by Gasteiger charge is -2.05. The van der Waals surface area contributed by atoms with E-state index in [0.717, 1.165) is 0 Å². The molecule has 0 aromatic heterocycles. The number of benzene rings is 2. The first-order valence-corrected chi connectivity index (χ1v) is 5.25. The van der Waals surface area contributed by atoms with Crippen LogP contribution in [0.5, 0.6) is 0 Å². The Morgan fingerprint density at radius 2 is 1.11 bits per heavy atom. The van der Waals surface area contributed by atoms with Gasteiger partial charge in [0.1, 0.15) is 0 Å². The monoisotopic (exact) mass is 246 g/mol. The quantitative estimate of drug-likeness (QED) is 0.601. The summed E-state index contributed by atoms with van der Waals surface area (Å²) in [4.78, 5) is 21.1. The zero-order valence-corrected chi connectivity index (χ0v) is 9.84. The van der Waals surface area contributed by atoms with E-state index in [0.29, 0.717) is 21.9 Å². The molecule has 2 rings (SSSR count). The van der Waals surface area contributed by atoms with Gasteiger partial charge in [-0.05, 0) is 26.0 Å². The van der Waals surface area contributed by atoms with E-state index in [1.807, 2.05) is 0 Å². The maximum atomic E-state index is 11.0. The van der Waals surface area contributed by atoms with Gasteiger partial charge in [0, 0.05) is 11.1 Å². The molecule has 0 unspecified atom stereocenters. The number of nitro groups is 2. The Kier molecular flexibility index (Phi) is 2.70. The Morgan fingerprint density at radius 3 is 1.39 bits per heavy atom. The van der Waals surface area contributed by atoms with E-state index in [2.05, 4.69) is 0 Å². The molecule has 6 heteroatoms. The van der Waals surface area contributed by atoms with E-state index >= 15 is 0 Å². The first-order chi connectivity index (χ1) is 8.43. The fraction of sp³-hybridized carbons (Fsp3) is 0.167. The van der Waals surface area contributed by atoms with Crippen LogP contribution in [0.2, 0.25) is 0 Å². The minimum atomic E-state index is -0.503. The van der Waals surface area contributed by atoms with Gasteiger partial charge in [0.05, 0.1) is 20.6 Å². The van der Waals surface area contributed by atoms with Gasteiger partial charge in [0.15, 0.2) is 0 Å². The fourth-order valence-corrected chi connectivity index (χ4v) is 2.08. The molecule has 92 valence electrons. The summed E-state index contributed by atoms with van der Waals surface area (Å²) in [6, 6.07) is 6.19. The van der Waals surface area contributed by atoms with Crippen LogP contribution in [0.25, 0.3) is 10.8 Å². The lowest BCUT2D eigenvalue weighted by Crippen LogP contribution is -1.97. The van der Waals surface area contributed by atoms with Gasteiger partial charge in [-0.2, -0.15) is 0 Å². The molecule has 2 aromatic carbocycles. The first kappa shape index (κ1) is 12.0. The van der Waals surface area contributed by atoms with Gasteiger partial charge < -0.3 is 0 Å². The standard InChI is InChI=1S/C12H10N2O4/c1-7-3-5-10-9(11(7)13(15)16)6-4-8(2)12(10)14(17)18/h3-6H,1-2H3. The molecule has 0 radical (unpaired) electrons. The number of aryl methyl sites for hydroxylation is 2. The first-order valence-electron chi connectivity index (χ1n) is 5.25. The Morgan fingerprint density at radius 1 is 0.778 bits per heavy atom. The van der Waals surface area contributed by atoms with Gasteiger partial charge in [-0.15, -0.1) is 0 Å². The van der Waals surface area contributed by atoms with E-state index in [-0.39, 0.29) is 11.4 Å². The molecule has 0 saturated carbocycles. The maximum absolute atomic E-state index is 11.0. The van der Waals surface area contributed by atoms with Crippen LogP contribution in [0.3, 0.4) is 0 Å². The van der Waals surface area contributed by atoms with Gasteiger partial charge in [0.25, 0.3) is 11.4 Å². The van der Waals surface area contributed by atoms with Crippen LogP contribution < -0.4 is 0 Å². The van der Waals surface area contributed by atoms with Crippen molar-refractivity contribution in [2.24, 2.45) is 0 Å². The van der Waals surface area contributed by atoms with Gasteiger partial charge >= 0.3 is 0 Å². The lowest BCUT2D eigenvalue weighted by molar-refractivity contribution is -0.385. The van der Waals surface area contributed by atoms with Gasteiger partial charge in [-0.25, -0.2) is 0 Å². The Balaban J connectivity index is 2.98. The third kappa shape index (κ3) is 1.67. The van der Waals surface area contributed by atoms with Crippen molar-refractivity contribution in [1.29, 1.82) is 0 Å². The van der Waals surface area contributed by atoms with Crippen LogP contribution in [-0.2, 0) is 0 Å². The second-order valence-electron chi connectivity index (χ2n) is 4.07. The van der Waals surface area contributed by atoms with Crippen molar-refractivity contribution in [3.63, 3.8) is 0 Å². The zero-order valence-electron chi connectivity index (χ0n) is 9.84. The number of nitrogens with zero attached hydrogens (tertiary/aromatic N) is 2. The Bertz CT molecular complexity index is 620. The van der Waals surface area contributed by atoms with Crippen molar-refractivity contribution < 1.29 is 9.85 Å². The molecule has 0 N–H and O–H groups in total. The highest BCUT2D eigenvalue weighted by atomic mass is 16.6. The van der Waals surface area contributed by atoms with Gasteiger partial charge in [-0.1, -0.05) is 12.1 Å². The number of rotatable bonds is 2. The Hall–Kier alpha value is -2.50. The van der Waals surface area contributed by atoms with E-state index < -0.39 is 9.85 Å². The molecule has 0 saturated heterocycles. The van der Waals surface area contributed by atoms with Crippen LogP contribution in [0.1, 0.15) is 11.1 Å². The normalized spacial score (nSPS) is 10.6. The molecule has 0 amide bonds. The zero-order chi connectivity index (χ0) is 13.4. The summed E-state index contributed by atoms with van der Waals surface area (Å²) in [5.74, 6) is 0. The van der Waals surface area contributed by atoms with Crippen LogP contribution in [0.15, 0.2) is 24.3 Å². The van der Waals surface area contributed by atoms with Crippen LogP contribution in [0, 0.1) is 34.1 Å². The van der Waals surface area contributed by atoms with E-state index in [4.69, 9.17) is 0 Å². The number of hydrogen-bond acceptors (Lipinski definition) is 4. The predicted molar refractivity (Wildman–Crippen MR) is 66.7 cm³/mol. The maximum Gasteiger partial charge on any atom is 0.280 e. The third-order valence-corrected chi connectivity index (χ3v) is 2.91. The van der Waals surface area contributed by atoms with Crippen LogP contribution in [-0.4, -0.2) is 9.85 Å². The highest BCUT2D eigenvalue weighted by molar-refractivity contribution is 5.99. The topological polar surface area (TPSA) is 86.3 Å². The van der Waals surface area contributed by atoms with Crippen LogP contribution >= 0.6 is 0 Å². The van der Waals surface area contributed by atoms with Crippen molar-refractivity contribution in [3.8, 4) is 0 Å². The number of nitro benzene ring substituents is 2. The van der Waals surface area contributed by atoms with Crippen molar-refractivity contribution in [2.75, 3.05) is 0 Å². The molecule has 0 spiro atoms. The summed E-state index contributed by atoms with van der Waals surface area (Å²) in [6.45, 7) is 3.23. The molecule has 0 heterocycles. The van der Waals surface area contributed by atoms with E-state index in [1.165, 1.54) is 12.1 Å². The SMILES string of the molecule is Cc1ccc2c([N+](=O)[O-])c(C)ccc2c1[N+](=O)[O-]. The molecule has 0 aliphatic rings. The van der Waals surface area contributed by atoms with Crippen LogP contribution in [0.4, 0.5) is 11.4 Å². The average molecular weight is 246 g/mol. The molecule has 0 aliphatic heterocycles. The minimum absolute atomic E-state index is 0.0735. The number of hydrogen-bond donors (Lipinski definition) is 0. The number of fused-ring (bicyclic) bond motifs is 1. The second kappa shape index (κ2) is 4.06. The lowest BCUT2D eigenvalue weighted by atomic mass is 10.0. The highest BCUT2D eigenvalue weighted by Gasteiger charge is 2.22. The summed E-state index contributed by atoms with van der Waals surface area (Å²) in [7, 11) is 0. The summed E-state index contributed by atoms with van der Waals surface area (Å²) >= 11 is 0. The average Bonchev–Trinajstić information content (AvgIpc) is 2.27. The Labute approximate surface area is 102 Å². The molecule has 0 bridgehead atoms. The largest absolute Gasteiger partial charge is 0.280 e. The molecule has 0 atom stereocenters. The van der Waals surface area contributed by atoms with E-state index in [9.17, 15) is 20.2 Å². The summed E-state index contributed by atoms with van der Waals surface area (Å²) in [5.41, 5.74) is 0.836. The van der Waals surface area contributed by atoms with Crippen molar-refractivity contribution in [1.82, 2.24) is 0 Å². The molecule has 18 heavy (non-hydrogen) atoms. The van der Waals surface area contributed by atoms with Crippen molar-refractivity contribution in [2.45, 2.75) is 13.8 Å². The smallest absolute Gasteiger partial charge is 0.258 e. The summed E-state index contributed by atoms with van der Waals surface area (Å²) < 4.78 is 0. The third-order valence-electron chi connectivity index (χ3n) is 2.91. The molecule has 6 nitrogen and oxygen atoms in total.